The van der Waals surface area contributed by atoms with Gasteiger partial charge in [0.2, 0.25) is 0 Å². The van der Waals surface area contributed by atoms with E-state index in [0.717, 1.165) is 12.8 Å². The zero-order chi connectivity index (χ0) is 40.7. The molecule has 0 nitrogen and oxygen atoms in total. The molecule has 293 valence electrons. The third-order valence-corrected chi connectivity index (χ3v) is 36.6. The third-order valence-electron chi connectivity index (χ3n) is 13.8. The second kappa shape index (κ2) is 14.9. The maximum absolute atomic E-state index is 9.40. The van der Waals surface area contributed by atoms with E-state index in [0.29, 0.717) is 11.8 Å². The average Bonchev–Trinajstić information content (AvgIpc) is 3.88. The summed E-state index contributed by atoms with van der Waals surface area (Å²) in [5.41, 5.74) is 21.3. The van der Waals surface area contributed by atoms with Gasteiger partial charge in [-0.2, -0.15) is 0 Å². The zero-order valence-corrected chi connectivity index (χ0v) is 40.7. The molecule has 1 aliphatic heterocycles. The normalized spacial score (nSPS) is 17.8. The average molecular weight is 894 g/mol. The van der Waals surface area contributed by atoms with Crippen LogP contribution < -0.4 is 13.6 Å². The van der Waals surface area contributed by atoms with Crippen LogP contribution in [0, 0.1) is 39.5 Å². The maximum atomic E-state index is 9.40. The first-order valence-corrected chi connectivity index (χ1v) is 33.2. The topological polar surface area (TPSA) is 0 Å². The first kappa shape index (κ1) is 39.9. The van der Waals surface area contributed by atoms with Crippen molar-refractivity contribution in [2.24, 2.45) is 11.8 Å². The number of aryl methyl sites for hydroxylation is 2. The summed E-state index contributed by atoms with van der Waals surface area (Å²) in [6, 6.07) is 43.6. The summed E-state index contributed by atoms with van der Waals surface area (Å²) in [4.78, 5) is 0. The first-order valence-electron chi connectivity index (χ1n) is 21.4. The molecule has 6 aromatic carbocycles. The Morgan fingerprint density at radius 2 is 0.931 bits per heavy atom. The Morgan fingerprint density at radius 3 is 1.45 bits per heavy atom. The number of fused-ring (bicyclic) bond motifs is 5. The molecule has 2 atom stereocenters. The summed E-state index contributed by atoms with van der Waals surface area (Å²) in [6.07, 6.45) is 6.98. The van der Waals surface area contributed by atoms with Crippen molar-refractivity contribution in [2.75, 3.05) is 0 Å². The van der Waals surface area contributed by atoms with Crippen LogP contribution in [-0.4, -0.2) is 9.52 Å². The Kier molecular flexibility index (Phi) is 10.2. The quantitative estimate of drug-likeness (QED) is 0.127. The van der Waals surface area contributed by atoms with E-state index in [-0.39, 0.29) is 7.25 Å². The fourth-order valence-corrected chi connectivity index (χ4v) is 39.0. The van der Waals surface area contributed by atoms with Crippen molar-refractivity contribution in [1.29, 1.82) is 0 Å². The van der Waals surface area contributed by atoms with Gasteiger partial charge < -0.3 is 0 Å². The van der Waals surface area contributed by atoms with Gasteiger partial charge in [0, 0.05) is 0 Å². The fraction of sp³-hybridized carbons (Fsp3) is 0.259. The van der Waals surface area contributed by atoms with Crippen molar-refractivity contribution in [3.05, 3.63) is 171 Å². The van der Waals surface area contributed by atoms with Gasteiger partial charge in [-0.25, -0.2) is 0 Å². The van der Waals surface area contributed by atoms with E-state index in [1.165, 1.54) is 103 Å². The summed E-state index contributed by atoms with van der Waals surface area (Å²) in [7, 11) is 17.9. The van der Waals surface area contributed by atoms with E-state index < -0.39 is 25.9 Å². The van der Waals surface area contributed by atoms with E-state index in [2.05, 4.69) is 183 Å². The number of halogens is 2. The second-order valence-corrected chi connectivity index (χ2v) is 40.9. The Labute approximate surface area is 357 Å². The molecular weight excluding hydrogens is 839 g/mol. The molecule has 58 heavy (non-hydrogen) atoms. The van der Waals surface area contributed by atoms with Crippen LogP contribution in [0.25, 0.3) is 45.5 Å². The van der Waals surface area contributed by atoms with Crippen LogP contribution in [0.15, 0.2) is 126 Å². The van der Waals surface area contributed by atoms with Crippen molar-refractivity contribution >= 4 is 52.3 Å². The number of allylic oxidation sites excluding steroid dienone is 2. The summed E-state index contributed by atoms with van der Waals surface area (Å²) >= 11 is -5.65. The minimum atomic E-state index is -5.65. The molecule has 2 aliphatic carbocycles. The summed E-state index contributed by atoms with van der Waals surface area (Å²) in [5, 5.41) is 2.98. The molecule has 6 aromatic rings. The molecule has 1 heterocycles. The molecule has 0 aromatic heterocycles. The van der Waals surface area contributed by atoms with Crippen LogP contribution in [0.1, 0.15) is 92.3 Å². The van der Waals surface area contributed by atoms with Gasteiger partial charge in [0.25, 0.3) is 0 Å². The van der Waals surface area contributed by atoms with Crippen molar-refractivity contribution in [2.45, 2.75) is 75.5 Å². The standard InChI is InChI=1S/2C21H23.C12H9Si.2ClH.Zr/c2*1-14(2)11-17-12-18-8-6-10-20(21(18)13-17)19-9-5-7-15(3)16(19)4;1-3-7-11-9(5-1)10-6-2-4-8-12(10)13-11;;;/h2*5-10,12-14H,11H2,1-4H3;1-7H,13H2;2*1H;/q;;;;;+2/p-2. The third kappa shape index (κ3) is 6.22. The number of hydrogen-bond acceptors (Lipinski definition) is 0. The van der Waals surface area contributed by atoms with E-state index >= 15 is 0 Å². The monoisotopic (exact) mass is 891 g/mol. The minimum absolute atomic E-state index is 0.0904. The van der Waals surface area contributed by atoms with Crippen LogP contribution in [0.2, 0.25) is 0 Å². The van der Waals surface area contributed by atoms with Crippen molar-refractivity contribution < 1.29 is 16.4 Å². The van der Waals surface area contributed by atoms with Crippen molar-refractivity contribution in [3.8, 4) is 33.4 Å². The van der Waals surface area contributed by atoms with Crippen LogP contribution >= 0.6 is 17.0 Å². The van der Waals surface area contributed by atoms with E-state index in [4.69, 9.17) is 0 Å². The summed E-state index contributed by atoms with van der Waals surface area (Å²) < 4.78 is 1.12. The molecule has 0 spiro atoms. The Morgan fingerprint density at radius 1 is 0.500 bits per heavy atom. The molecular formula is C54H55Cl2SiZr. The van der Waals surface area contributed by atoms with Crippen LogP contribution in [0.3, 0.4) is 0 Å². The number of benzene rings is 6. The predicted octanol–water partition coefficient (Wildman–Crippen LogP) is 13.3. The molecule has 3 aliphatic rings. The Hall–Kier alpha value is -3.52. The predicted molar refractivity (Wildman–Crippen MR) is 254 cm³/mol. The van der Waals surface area contributed by atoms with Crippen LogP contribution in [0.5, 0.6) is 0 Å². The van der Waals surface area contributed by atoms with Gasteiger partial charge in [-0.1, -0.05) is 0 Å². The van der Waals surface area contributed by atoms with Gasteiger partial charge in [-0.15, -0.1) is 0 Å². The fourth-order valence-electron chi connectivity index (χ4n) is 11.1. The van der Waals surface area contributed by atoms with Gasteiger partial charge in [-0.3, -0.25) is 0 Å². The molecule has 0 bridgehead atoms. The van der Waals surface area contributed by atoms with E-state index in [1.54, 1.807) is 0 Å². The summed E-state index contributed by atoms with van der Waals surface area (Å²) in [5.74, 6) is 0.884. The van der Waals surface area contributed by atoms with Gasteiger partial charge in [0.15, 0.2) is 0 Å². The molecule has 0 saturated heterocycles. The van der Waals surface area contributed by atoms with E-state index in [1.807, 2.05) is 0 Å². The molecule has 0 amide bonds. The zero-order valence-electron chi connectivity index (χ0n) is 35.3. The molecule has 4 heteroatoms. The van der Waals surface area contributed by atoms with Gasteiger partial charge >= 0.3 is 360 Å². The molecule has 0 saturated carbocycles. The van der Waals surface area contributed by atoms with Gasteiger partial charge in [0.05, 0.1) is 0 Å². The van der Waals surface area contributed by atoms with Crippen LogP contribution in [-0.2, 0) is 16.4 Å². The molecule has 0 fully saturated rings. The SMILES string of the molecule is Cc1cccc(-c2cccc3c2C=C(CC(C)C)[CH]3[Zr]([Cl])([Cl])([c]2cccc3c2[SiH2]c2ccccc2-3)[CH]2C(CC(C)C)=Cc3c(-c4cccc(C)c4C)cccc32)c1C. The Balaban J connectivity index is 1.39. The number of rotatable bonds is 9. The van der Waals surface area contributed by atoms with Crippen LogP contribution in [0.4, 0.5) is 0 Å². The van der Waals surface area contributed by atoms with Gasteiger partial charge in [-0.05, 0) is 0 Å². The number of hydrogen-bond donors (Lipinski definition) is 0. The van der Waals surface area contributed by atoms with Crippen molar-refractivity contribution in [1.82, 2.24) is 0 Å². The van der Waals surface area contributed by atoms with Crippen molar-refractivity contribution in [3.63, 3.8) is 0 Å². The second-order valence-electron chi connectivity index (χ2n) is 18.4. The molecule has 9 rings (SSSR count). The summed E-state index contributed by atoms with van der Waals surface area (Å²) in [6.45, 7) is 18.4. The van der Waals surface area contributed by atoms with Gasteiger partial charge in [0.1, 0.15) is 0 Å². The molecule has 0 radical (unpaired) electrons. The molecule has 2 unspecified atom stereocenters. The van der Waals surface area contributed by atoms with E-state index in [9.17, 15) is 17.0 Å². The molecule has 0 N–H and O–H groups in total. The first-order chi connectivity index (χ1) is 27.8. The Bertz CT molecular complexity index is 2580.